The lowest BCUT2D eigenvalue weighted by atomic mass is 10.1. The molecule has 2 atom stereocenters. The summed E-state index contributed by atoms with van der Waals surface area (Å²) in [5.41, 5.74) is 1.58. The van der Waals surface area contributed by atoms with Gasteiger partial charge in [0.15, 0.2) is 17.7 Å². The number of hydrogen-bond donors (Lipinski definition) is 1. The van der Waals surface area contributed by atoms with Gasteiger partial charge in [0, 0.05) is 0 Å². The molecule has 0 aliphatic rings. The fraction of sp³-hybridized carbons (Fsp3) is 0.278. The van der Waals surface area contributed by atoms with Crippen molar-refractivity contribution in [2.45, 2.75) is 32.9 Å². The Labute approximate surface area is 134 Å². The predicted octanol–water partition coefficient (Wildman–Crippen LogP) is 3.92. The second-order valence-corrected chi connectivity index (χ2v) is 5.48. The van der Waals surface area contributed by atoms with E-state index < -0.39 is 23.8 Å². The largest absolute Gasteiger partial charge is 0.481 e. The van der Waals surface area contributed by atoms with Crippen LogP contribution in [0.1, 0.15) is 31.0 Å². The number of ether oxygens (including phenoxy) is 1. The van der Waals surface area contributed by atoms with Crippen LogP contribution in [0.2, 0.25) is 0 Å². The van der Waals surface area contributed by atoms with E-state index in [4.69, 9.17) is 4.74 Å². The van der Waals surface area contributed by atoms with Gasteiger partial charge in [-0.1, -0.05) is 23.8 Å². The van der Waals surface area contributed by atoms with Crippen molar-refractivity contribution < 1.29 is 18.3 Å². The fourth-order valence-corrected chi connectivity index (χ4v) is 2.07. The Balaban J connectivity index is 1.96. The van der Waals surface area contributed by atoms with Gasteiger partial charge in [0.2, 0.25) is 0 Å². The normalized spacial score (nSPS) is 13.3. The average molecular weight is 319 g/mol. The van der Waals surface area contributed by atoms with Crippen LogP contribution in [0.5, 0.6) is 5.75 Å². The van der Waals surface area contributed by atoms with Crippen LogP contribution >= 0.6 is 0 Å². The van der Waals surface area contributed by atoms with E-state index in [0.29, 0.717) is 11.3 Å². The molecule has 2 aromatic rings. The zero-order chi connectivity index (χ0) is 17.0. The summed E-state index contributed by atoms with van der Waals surface area (Å²) >= 11 is 0. The van der Waals surface area contributed by atoms with Gasteiger partial charge in [-0.15, -0.1) is 0 Å². The minimum Gasteiger partial charge on any atom is -0.481 e. The predicted molar refractivity (Wildman–Crippen MR) is 84.2 cm³/mol. The molecule has 0 saturated heterocycles. The maximum absolute atomic E-state index is 13.2. The summed E-state index contributed by atoms with van der Waals surface area (Å²) in [7, 11) is 0. The highest BCUT2D eigenvalue weighted by molar-refractivity contribution is 5.81. The molecule has 5 heteroatoms. The molecule has 0 saturated carbocycles. The van der Waals surface area contributed by atoms with E-state index in [-0.39, 0.29) is 5.91 Å². The molecule has 0 bridgehead atoms. The summed E-state index contributed by atoms with van der Waals surface area (Å²) in [5.74, 6) is -1.59. The lowest BCUT2D eigenvalue weighted by Gasteiger charge is -2.19. The quantitative estimate of drug-likeness (QED) is 0.907. The second kappa shape index (κ2) is 7.22. The number of rotatable bonds is 5. The van der Waals surface area contributed by atoms with Crippen molar-refractivity contribution in [3.05, 3.63) is 65.2 Å². The number of nitrogens with one attached hydrogen (secondary N) is 1. The molecule has 1 amide bonds. The molecular weight excluding hydrogens is 300 g/mol. The molecule has 0 heterocycles. The number of halogens is 2. The standard InChI is InChI=1S/C18H19F2NO2/c1-11-4-7-15(8-5-11)23-13(3)18(22)21-12(2)14-6-9-16(19)17(20)10-14/h4-10,12-13H,1-3H3,(H,21,22). The Kier molecular flexibility index (Phi) is 5.32. The number of amides is 1. The molecule has 23 heavy (non-hydrogen) atoms. The highest BCUT2D eigenvalue weighted by atomic mass is 19.2. The zero-order valence-corrected chi connectivity index (χ0v) is 13.3. The molecular formula is C18H19F2NO2. The molecule has 122 valence electrons. The van der Waals surface area contributed by atoms with Gasteiger partial charge >= 0.3 is 0 Å². The molecule has 2 aromatic carbocycles. The van der Waals surface area contributed by atoms with Crippen LogP contribution in [0.3, 0.4) is 0 Å². The molecule has 0 aliphatic carbocycles. The smallest absolute Gasteiger partial charge is 0.261 e. The van der Waals surface area contributed by atoms with Gasteiger partial charge in [-0.3, -0.25) is 4.79 Å². The molecule has 2 unspecified atom stereocenters. The molecule has 0 fully saturated rings. The Morgan fingerprint density at radius 1 is 1.04 bits per heavy atom. The number of carbonyl (C=O) groups excluding carboxylic acids is 1. The third-order valence-corrected chi connectivity index (χ3v) is 3.51. The van der Waals surface area contributed by atoms with Gasteiger partial charge in [0.05, 0.1) is 6.04 Å². The summed E-state index contributed by atoms with van der Waals surface area (Å²) in [6, 6.07) is 10.5. The van der Waals surface area contributed by atoms with Gasteiger partial charge in [0.25, 0.3) is 5.91 Å². The van der Waals surface area contributed by atoms with E-state index in [1.807, 2.05) is 19.1 Å². The summed E-state index contributed by atoms with van der Waals surface area (Å²) in [6.07, 6.45) is -0.703. The van der Waals surface area contributed by atoms with Crippen LogP contribution in [0.4, 0.5) is 8.78 Å². The van der Waals surface area contributed by atoms with Gasteiger partial charge < -0.3 is 10.1 Å². The molecule has 2 rings (SSSR count). The highest BCUT2D eigenvalue weighted by Crippen LogP contribution is 2.17. The molecule has 0 aromatic heterocycles. The molecule has 1 N–H and O–H groups in total. The number of aryl methyl sites for hydroxylation is 1. The zero-order valence-electron chi connectivity index (χ0n) is 13.3. The SMILES string of the molecule is Cc1ccc(OC(C)C(=O)NC(C)c2ccc(F)c(F)c2)cc1. The van der Waals surface area contributed by atoms with Crippen LogP contribution in [0.15, 0.2) is 42.5 Å². The molecule has 3 nitrogen and oxygen atoms in total. The van der Waals surface area contributed by atoms with Crippen molar-refractivity contribution in [3.63, 3.8) is 0 Å². The molecule has 0 aliphatic heterocycles. The minimum atomic E-state index is -0.937. The topological polar surface area (TPSA) is 38.3 Å². The van der Waals surface area contributed by atoms with Gasteiger partial charge in [-0.05, 0) is 50.6 Å². The van der Waals surface area contributed by atoms with Crippen LogP contribution in [0, 0.1) is 18.6 Å². The van der Waals surface area contributed by atoms with E-state index in [2.05, 4.69) is 5.32 Å². The first-order chi connectivity index (χ1) is 10.9. The average Bonchev–Trinajstić information content (AvgIpc) is 2.52. The lowest BCUT2D eigenvalue weighted by molar-refractivity contribution is -0.127. The summed E-state index contributed by atoms with van der Waals surface area (Å²) < 4.78 is 31.7. The van der Waals surface area contributed by atoms with Crippen molar-refractivity contribution >= 4 is 5.91 Å². The third-order valence-electron chi connectivity index (χ3n) is 3.51. The number of carbonyl (C=O) groups is 1. The van der Waals surface area contributed by atoms with Gasteiger partial charge in [-0.25, -0.2) is 8.78 Å². The van der Waals surface area contributed by atoms with E-state index >= 15 is 0 Å². The van der Waals surface area contributed by atoms with E-state index in [0.717, 1.165) is 17.7 Å². The Morgan fingerprint density at radius 2 is 1.70 bits per heavy atom. The van der Waals surface area contributed by atoms with Crippen molar-refractivity contribution in [3.8, 4) is 5.75 Å². The van der Waals surface area contributed by atoms with Crippen LogP contribution in [-0.4, -0.2) is 12.0 Å². The van der Waals surface area contributed by atoms with Crippen molar-refractivity contribution in [1.29, 1.82) is 0 Å². The number of hydrogen-bond acceptors (Lipinski definition) is 2. The summed E-state index contributed by atoms with van der Waals surface area (Å²) in [4.78, 5) is 12.1. The van der Waals surface area contributed by atoms with Crippen LogP contribution in [-0.2, 0) is 4.79 Å². The van der Waals surface area contributed by atoms with E-state index in [1.54, 1.807) is 26.0 Å². The summed E-state index contributed by atoms with van der Waals surface area (Å²) in [6.45, 7) is 5.29. The maximum atomic E-state index is 13.2. The van der Waals surface area contributed by atoms with Gasteiger partial charge in [-0.2, -0.15) is 0 Å². The lowest BCUT2D eigenvalue weighted by Crippen LogP contribution is -2.37. The van der Waals surface area contributed by atoms with Crippen molar-refractivity contribution in [1.82, 2.24) is 5.32 Å². The first-order valence-electron chi connectivity index (χ1n) is 7.35. The minimum absolute atomic E-state index is 0.331. The third kappa shape index (κ3) is 4.52. The number of benzene rings is 2. The van der Waals surface area contributed by atoms with Crippen molar-refractivity contribution in [2.24, 2.45) is 0 Å². The van der Waals surface area contributed by atoms with Gasteiger partial charge in [0.1, 0.15) is 5.75 Å². The maximum Gasteiger partial charge on any atom is 0.261 e. The Hall–Kier alpha value is -2.43. The Bertz CT molecular complexity index is 686. The van der Waals surface area contributed by atoms with E-state index in [9.17, 15) is 13.6 Å². The van der Waals surface area contributed by atoms with Crippen LogP contribution in [0.25, 0.3) is 0 Å². The first kappa shape index (κ1) is 16.9. The van der Waals surface area contributed by atoms with E-state index in [1.165, 1.54) is 6.07 Å². The first-order valence-corrected chi connectivity index (χ1v) is 7.35. The fourth-order valence-electron chi connectivity index (χ4n) is 2.07. The summed E-state index contributed by atoms with van der Waals surface area (Å²) in [5, 5.41) is 2.72. The van der Waals surface area contributed by atoms with Crippen molar-refractivity contribution in [2.75, 3.05) is 0 Å². The monoisotopic (exact) mass is 319 g/mol. The molecule has 0 radical (unpaired) electrons. The Morgan fingerprint density at radius 3 is 2.30 bits per heavy atom. The molecule has 0 spiro atoms. The van der Waals surface area contributed by atoms with Crippen LogP contribution < -0.4 is 10.1 Å². The second-order valence-electron chi connectivity index (χ2n) is 5.48. The highest BCUT2D eigenvalue weighted by Gasteiger charge is 2.18.